The molecule has 2 heterocycles. The van der Waals surface area contributed by atoms with Crippen molar-refractivity contribution in [2.24, 2.45) is 0 Å². The van der Waals surface area contributed by atoms with E-state index in [2.05, 4.69) is 22.5 Å². The Morgan fingerprint density at radius 3 is 3.10 bits per heavy atom. The number of thiazole rings is 1. The van der Waals surface area contributed by atoms with E-state index in [-0.39, 0.29) is 0 Å². The third-order valence-corrected chi connectivity index (χ3v) is 4.75. The molecular formula is C15H18ClN3S. The van der Waals surface area contributed by atoms with Crippen LogP contribution >= 0.6 is 22.9 Å². The Morgan fingerprint density at radius 2 is 2.30 bits per heavy atom. The van der Waals surface area contributed by atoms with Gasteiger partial charge in [0.15, 0.2) is 0 Å². The van der Waals surface area contributed by atoms with Gasteiger partial charge in [-0.2, -0.15) is 0 Å². The van der Waals surface area contributed by atoms with E-state index in [1.54, 1.807) is 11.3 Å². The van der Waals surface area contributed by atoms with E-state index in [4.69, 9.17) is 16.6 Å². The summed E-state index contributed by atoms with van der Waals surface area (Å²) in [5, 5.41) is 7.38. The predicted octanol–water partition coefficient (Wildman–Crippen LogP) is 3.26. The van der Waals surface area contributed by atoms with Gasteiger partial charge in [-0.1, -0.05) is 29.8 Å². The first-order valence-electron chi connectivity index (χ1n) is 6.87. The van der Waals surface area contributed by atoms with Gasteiger partial charge in [-0.25, -0.2) is 4.98 Å². The van der Waals surface area contributed by atoms with Crippen molar-refractivity contribution < 1.29 is 0 Å². The van der Waals surface area contributed by atoms with E-state index in [1.165, 1.54) is 0 Å². The summed E-state index contributed by atoms with van der Waals surface area (Å²) in [6, 6.07) is 8.45. The van der Waals surface area contributed by atoms with Gasteiger partial charge in [0, 0.05) is 43.2 Å². The molecule has 1 atom stereocenters. The quantitative estimate of drug-likeness (QED) is 0.943. The highest BCUT2D eigenvalue weighted by atomic mass is 35.5. The molecule has 2 aromatic rings. The SMILES string of the molecule is CC1CN(Cc2csc(-c3ccccc3Cl)n2)CCN1. The molecule has 5 heteroatoms. The largest absolute Gasteiger partial charge is 0.312 e. The molecule has 0 aliphatic carbocycles. The Bertz CT molecular complexity index is 584. The Hall–Kier alpha value is -0.940. The molecule has 0 amide bonds. The molecule has 3 nitrogen and oxygen atoms in total. The van der Waals surface area contributed by atoms with Crippen LogP contribution in [0, 0.1) is 0 Å². The summed E-state index contributed by atoms with van der Waals surface area (Å²) in [5.74, 6) is 0. The normalized spacial score (nSPS) is 20.2. The van der Waals surface area contributed by atoms with E-state index >= 15 is 0 Å². The third kappa shape index (κ3) is 3.20. The summed E-state index contributed by atoms with van der Waals surface area (Å²) in [5.41, 5.74) is 2.16. The molecule has 0 saturated carbocycles. The molecule has 1 aromatic carbocycles. The molecule has 1 saturated heterocycles. The first-order valence-corrected chi connectivity index (χ1v) is 8.13. The second-order valence-electron chi connectivity index (χ2n) is 5.21. The molecule has 1 unspecified atom stereocenters. The predicted molar refractivity (Wildman–Crippen MR) is 85.3 cm³/mol. The minimum atomic E-state index is 0.561. The molecule has 1 aliphatic rings. The number of nitrogens with zero attached hydrogens (tertiary/aromatic N) is 2. The van der Waals surface area contributed by atoms with Gasteiger partial charge in [0.25, 0.3) is 0 Å². The van der Waals surface area contributed by atoms with Gasteiger partial charge in [-0.3, -0.25) is 4.90 Å². The minimum absolute atomic E-state index is 0.561. The number of benzene rings is 1. The van der Waals surface area contributed by atoms with Crippen molar-refractivity contribution in [2.75, 3.05) is 19.6 Å². The second-order valence-corrected chi connectivity index (χ2v) is 6.48. The number of rotatable bonds is 3. The highest BCUT2D eigenvalue weighted by Gasteiger charge is 2.17. The zero-order valence-electron chi connectivity index (χ0n) is 11.5. The first-order chi connectivity index (χ1) is 9.72. The third-order valence-electron chi connectivity index (χ3n) is 3.49. The summed E-state index contributed by atoms with van der Waals surface area (Å²) in [6.07, 6.45) is 0. The van der Waals surface area contributed by atoms with Crippen LogP contribution in [-0.2, 0) is 6.54 Å². The molecular weight excluding hydrogens is 290 g/mol. The first kappa shape index (κ1) is 14.0. The summed E-state index contributed by atoms with van der Waals surface area (Å²) in [4.78, 5) is 7.18. The van der Waals surface area contributed by atoms with Crippen LogP contribution in [0.5, 0.6) is 0 Å². The van der Waals surface area contributed by atoms with Crippen molar-refractivity contribution in [3.05, 3.63) is 40.4 Å². The highest BCUT2D eigenvalue weighted by Crippen LogP contribution is 2.30. The van der Waals surface area contributed by atoms with Crippen LogP contribution in [0.25, 0.3) is 10.6 Å². The van der Waals surface area contributed by atoms with Crippen molar-refractivity contribution in [3.8, 4) is 10.6 Å². The number of hydrogen-bond donors (Lipinski definition) is 1. The lowest BCUT2D eigenvalue weighted by Crippen LogP contribution is -2.48. The van der Waals surface area contributed by atoms with Crippen LogP contribution in [0.4, 0.5) is 0 Å². The fourth-order valence-electron chi connectivity index (χ4n) is 2.52. The maximum atomic E-state index is 6.23. The topological polar surface area (TPSA) is 28.2 Å². The van der Waals surface area contributed by atoms with Crippen LogP contribution < -0.4 is 5.32 Å². The molecule has 1 aliphatic heterocycles. The molecule has 20 heavy (non-hydrogen) atoms. The van der Waals surface area contributed by atoms with Crippen molar-refractivity contribution in [3.63, 3.8) is 0 Å². The van der Waals surface area contributed by atoms with Gasteiger partial charge in [0.2, 0.25) is 0 Å². The summed E-state index contributed by atoms with van der Waals surface area (Å²) >= 11 is 7.90. The van der Waals surface area contributed by atoms with Crippen LogP contribution in [0.1, 0.15) is 12.6 Å². The molecule has 1 N–H and O–H groups in total. The van der Waals surface area contributed by atoms with Gasteiger partial charge in [-0.15, -0.1) is 11.3 Å². The van der Waals surface area contributed by atoms with Gasteiger partial charge in [-0.05, 0) is 13.0 Å². The molecule has 1 fully saturated rings. The van der Waals surface area contributed by atoms with E-state index < -0.39 is 0 Å². The number of piperazine rings is 1. The summed E-state index contributed by atoms with van der Waals surface area (Å²) < 4.78 is 0. The molecule has 0 radical (unpaired) electrons. The second kappa shape index (κ2) is 6.22. The molecule has 0 bridgehead atoms. The van der Waals surface area contributed by atoms with Crippen LogP contribution in [-0.4, -0.2) is 35.6 Å². The standard InChI is InChI=1S/C15H18ClN3S/c1-11-8-19(7-6-17-11)9-12-10-20-15(18-12)13-4-2-3-5-14(13)16/h2-5,10-11,17H,6-9H2,1H3. The lowest BCUT2D eigenvalue weighted by atomic mass is 10.2. The zero-order chi connectivity index (χ0) is 13.9. The van der Waals surface area contributed by atoms with Crippen molar-refractivity contribution in [2.45, 2.75) is 19.5 Å². The minimum Gasteiger partial charge on any atom is -0.312 e. The number of aromatic nitrogens is 1. The lowest BCUT2D eigenvalue weighted by molar-refractivity contribution is 0.198. The molecule has 1 aromatic heterocycles. The molecule has 0 spiro atoms. The van der Waals surface area contributed by atoms with Gasteiger partial charge in [0.1, 0.15) is 5.01 Å². The molecule has 106 valence electrons. The monoisotopic (exact) mass is 307 g/mol. The zero-order valence-corrected chi connectivity index (χ0v) is 13.0. The highest BCUT2D eigenvalue weighted by molar-refractivity contribution is 7.13. The summed E-state index contributed by atoms with van der Waals surface area (Å²) in [6.45, 7) is 6.38. The average molecular weight is 308 g/mol. The number of nitrogens with one attached hydrogen (secondary N) is 1. The Labute approximate surface area is 128 Å². The Balaban J connectivity index is 1.72. The average Bonchev–Trinajstić information content (AvgIpc) is 2.87. The maximum Gasteiger partial charge on any atom is 0.125 e. The van der Waals surface area contributed by atoms with Crippen molar-refractivity contribution in [1.82, 2.24) is 15.2 Å². The fraction of sp³-hybridized carbons (Fsp3) is 0.400. The summed E-state index contributed by atoms with van der Waals surface area (Å²) in [7, 11) is 0. The molecule has 3 rings (SSSR count). The van der Waals surface area contributed by atoms with Gasteiger partial charge < -0.3 is 5.32 Å². The number of halogens is 1. The Morgan fingerprint density at radius 1 is 1.45 bits per heavy atom. The maximum absolute atomic E-state index is 6.23. The van der Waals surface area contributed by atoms with Crippen molar-refractivity contribution in [1.29, 1.82) is 0 Å². The fourth-order valence-corrected chi connectivity index (χ4v) is 3.65. The smallest absolute Gasteiger partial charge is 0.125 e. The van der Waals surface area contributed by atoms with Crippen LogP contribution in [0.3, 0.4) is 0 Å². The van der Waals surface area contributed by atoms with E-state index in [0.717, 1.165) is 47.5 Å². The van der Waals surface area contributed by atoms with E-state index in [9.17, 15) is 0 Å². The Kier molecular flexibility index (Phi) is 4.36. The van der Waals surface area contributed by atoms with Crippen LogP contribution in [0.2, 0.25) is 5.02 Å². The van der Waals surface area contributed by atoms with Gasteiger partial charge in [0.05, 0.1) is 10.7 Å². The van der Waals surface area contributed by atoms with E-state index in [0.29, 0.717) is 6.04 Å². The van der Waals surface area contributed by atoms with Gasteiger partial charge >= 0.3 is 0 Å². The van der Waals surface area contributed by atoms with Crippen LogP contribution in [0.15, 0.2) is 29.6 Å². The van der Waals surface area contributed by atoms with E-state index in [1.807, 2.05) is 24.3 Å². The lowest BCUT2D eigenvalue weighted by Gasteiger charge is -2.31. The van der Waals surface area contributed by atoms with Crippen molar-refractivity contribution >= 4 is 22.9 Å². The number of hydrogen-bond acceptors (Lipinski definition) is 4.